The summed E-state index contributed by atoms with van der Waals surface area (Å²) in [5.41, 5.74) is 0.0711. The molecule has 0 N–H and O–H groups in total. The van der Waals surface area contributed by atoms with E-state index in [1.807, 2.05) is 36.4 Å². The summed E-state index contributed by atoms with van der Waals surface area (Å²) in [5, 5.41) is 18.5. The zero-order chi connectivity index (χ0) is 49.0. The second-order valence-corrected chi connectivity index (χ2v) is 21.3. The minimum absolute atomic E-state index is 0. The number of aliphatic imine (C=N–C) groups is 6. The minimum Gasteiger partial charge on any atom is -0.550 e. The third-order valence-electron chi connectivity index (χ3n) is 11.3. The van der Waals surface area contributed by atoms with Gasteiger partial charge in [-0.1, -0.05) is 74.5 Å². The first kappa shape index (κ1) is 57.7. The standard InChI is InChI=1S/2C21H29BN3O3.2C3H6O2.2Co/c2*1-19(2)12-26-16(23-19)22(15-10-8-7-9-11-15,17-24-20(3,4)13-27-17)18-25-21(5,6)14-28-18;2*1-2-3(4)5;;/h2*7-11H,12-14H2,1-6H3;2*2H2,1H3,(H,4,5);;/q2*-1;;;2*+2/p-2. The van der Waals surface area contributed by atoms with Gasteiger partial charge in [0.25, 0.3) is 12.3 Å². The van der Waals surface area contributed by atoms with Crippen LogP contribution in [0.1, 0.15) is 110 Å². The van der Waals surface area contributed by atoms with Crippen LogP contribution in [0.5, 0.6) is 0 Å². The van der Waals surface area contributed by atoms with Gasteiger partial charge >= 0.3 is 33.6 Å². The van der Waals surface area contributed by atoms with Crippen LogP contribution < -0.4 is 21.1 Å². The molecule has 2 aromatic carbocycles. The van der Waals surface area contributed by atoms with E-state index >= 15 is 0 Å². The van der Waals surface area contributed by atoms with E-state index in [-0.39, 0.29) is 79.6 Å². The Morgan fingerprint density at radius 3 is 0.691 bits per heavy atom. The van der Waals surface area contributed by atoms with E-state index in [1.54, 1.807) is 0 Å². The van der Waals surface area contributed by atoms with Crippen LogP contribution >= 0.6 is 0 Å². The third kappa shape index (κ3) is 13.4. The van der Waals surface area contributed by atoms with Crippen LogP contribution in [0.3, 0.4) is 0 Å². The Hall–Kier alpha value is -4.66. The van der Waals surface area contributed by atoms with Crippen molar-refractivity contribution in [2.45, 2.75) is 143 Å². The quantitative estimate of drug-likeness (QED) is 0.317. The molecule has 374 valence electrons. The molecule has 16 nitrogen and oxygen atoms in total. The Kier molecular flexibility index (Phi) is 18.6. The summed E-state index contributed by atoms with van der Waals surface area (Å²) in [6.45, 7) is 30.9. The molecule has 0 unspecified atom stereocenters. The van der Waals surface area contributed by atoms with Gasteiger partial charge in [0, 0.05) is 46.7 Å². The third-order valence-corrected chi connectivity index (χ3v) is 11.3. The molecular formula is C48H68B2Co2N6O10. The predicted octanol–water partition coefficient (Wildman–Crippen LogP) is 3.45. The predicted molar refractivity (Wildman–Crippen MR) is 259 cm³/mol. The average molecular weight is 1030 g/mol. The summed E-state index contributed by atoms with van der Waals surface area (Å²) in [6, 6.07) is 20.3. The number of rotatable bonds is 10. The number of carbonyl (C=O) groups excluding carboxylic acids is 2. The number of carbonyl (C=O) groups is 2. The number of ether oxygens (including phenoxy) is 6. The number of hydrogen-bond donors (Lipinski definition) is 0. The molecule has 8 rings (SSSR count). The summed E-state index contributed by atoms with van der Waals surface area (Å²) in [4.78, 5) is 48.2. The maximum atomic E-state index is 9.26. The van der Waals surface area contributed by atoms with Gasteiger partial charge < -0.3 is 48.2 Å². The second kappa shape index (κ2) is 22.0. The van der Waals surface area contributed by atoms with Gasteiger partial charge in [-0.25, -0.2) is 0 Å². The van der Waals surface area contributed by atoms with E-state index in [0.717, 1.165) is 10.9 Å². The molecule has 68 heavy (non-hydrogen) atoms. The fourth-order valence-electron chi connectivity index (χ4n) is 7.98. The Bertz CT molecular complexity index is 1970. The van der Waals surface area contributed by atoms with Gasteiger partial charge in [0.05, 0.1) is 33.2 Å². The molecule has 0 aliphatic carbocycles. The normalized spacial score (nSPS) is 21.3. The Morgan fingerprint density at radius 1 is 0.412 bits per heavy atom. The number of benzene rings is 2. The molecule has 0 saturated heterocycles. The van der Waals surface area contributed by atoms with Crippen molar-refractivity contribution in [2.75, 3.05) is 39.6 Å². The minimum atomic E-state index is -1.93. The molecular weight excluding hydrogens is 960 g/mol. The van der Waals surface area contributed by atoms with E-state index in [4.69, 9.17) is 58.4 Å². The molecule has 0 spiro atoms. The summed E-state index contributed by atoms with van der Waals surface area (Å²) in [6.07, 6.45) is -3.65. The van der Waals surface area contributed by atoms with Crippen LogP contribution in [0.2, 0.25) is 0 Å². The van der Waals surface area contributed by atoms with Gasteiger partial charge in [0.2, 0.25) is 0 Å². The summed E-state index contributed by atoms with van der Waals surface area (Å²) in [5.74, 6) is 1.62. The molecule has 6 aliphatic heterocycles. The zero-order valence-electron chi connectivity index (χ0n) is 42.0. The molecule has 0 aromatic heterocycles. The van der Waals surface area contributed by atoms with Crippen molar-refractivity contribution in [3.63, 3.8) is 0 Å². The van der Waals surface area contributed by atoms with Crippen LogP contribution in [-0.4, -0.2) is 132 Å². The molecule has 0 fully saturated rings. The van der Waals surface area contributed by atoms with Crippen LogP contribution in [-0.2, 0) is 71.6 Å². The fraction of sp³-hybridized carbons (Fsp3) is 0.583. The van der Waals surface area contributed by atoms with Gasteiger partial charge in [-0.05, 0) is 95.9 Å². The monoisotopic (exact) mass is 1030 g/mol. The fourth-order valence-corrected chi connectivity index (χ4v) is 7.98. The number of hydrogen-bond acceptors (Lipinski definition) is 16. The van der Waals surface area contributed by atoms with Crippen molar-refractivity contribution < 1.29 is 81.8 Å². The maximum absolute atomic E-state index is 9.26. The van der Waals surface area contributed by atoms with E-state index in [0.29, 0.717) is 74.4 Å². The number of nitrogens with zero attached hydrogens (tertiary/aromatic N) is 6. The van der Waals surface area contributed by atoms with Crippen molar-refractivity contribution in [3.05, 3.63) is 60.7 Å². The van der Waals surface area contributed by atoms with Crippen LogP contribution in [0, 0.1) is 0 Å². The average Bonchev–Trinajstić information content (AvgIpc) is 4.11. The number of carboxylic acid groups (broad SMARTS) is 2. The zero-order valence-corrected chi connectivity index (χ0v) is 44.1. The largest absolute Gasteiger partial charge is 2.00 e. The Morgan fingerprint density at radius 2 is 0.574 bits per heavy atom. The molecule has 2 radical (unpaired) electrons. The van der Waals surface area contributed by atoms with Crippen molar-refractivity contribution >= 4 is 69.9 Å². The van der Waals surface area contributed by atoms with Crippen molar-refractivity contribution in [1.82, 2.24) is 0 Å². The molecule has 0 atom stereocenters. The SMILES string of the molecule is CC1(C)COC([B-](C2=NC(C)(C)CO2)(C2=NC(C)(C)CO2)c2ccccc2)=N1.CC1(C)COC([B-](C2=NC(C)(C)CO2)(C2=NC(C)(C)CO2)c2ccccc2)=N1.CCC(=O)[O-].CCC(=O)[O-].[Co+2].[Co+2]. The van der Waals surface area contributed by atoms with Crippen LogP contribution in [0.25, 0.3) is 0 Å². The van der Waals surface area contributed by atoms with Gasteiger partial charge in [-0.3, -0.25) is 30.0 Å². The van der Waals surface area contributed by atoms with E-state index in [9.17, 15) is 19.8 Å². The molecule has 6 heterocycles. The maximum Gasteiger partial charge on any atom is 2.00 e. The van der Waals surface area contributed by atoms with Gasteiger partial charge in [-0.2, -0.15) is 10.9 Å². The Balaban J connectivity index is 0.000000293. The van der Waals surface area contributed by atoms with Crippen molar-refractivity contribution in [1.29, 1.82) is 0 Å². The van der Waals surface area contributed by atoms with Gasteiger partial charge in [0.1, 0.15) is 39.6 Å². The summed E-state index contributed by atoms with van der Waals surface area (Å²) in [7, 11) is 0. The van der Waals surface area contributed by atoms with E-state index in [2.05, 4.69) is 107 Å². The first-order chi connectivity index (χ1) is 30.6. The van der Waals surface area contributed by atoms with Gasteiger partial charge in [0.15, 0.2) is 0 Å². The molecule has 2 aromatic rings. The Labute approximate surface area is 423 Å². The van der Waals surface area contributed by atoms with Crippen LogP contribution in [0.15, 0.2) is 90.6 Å². The van der Waals surface area contributed by atoms with Crippen molar-refractivity contribution in [3.8, 4) is 0 Å². The van der Waals surface area contributed by atoms with E-state index in [1.165, 1.54) is 13.8 Å². The smallest absolute Gasteiger partial charge is 0.550 e. The molecule has 0 amide bonds. The number of carboxylic acids is 2. The molecule has 6 aliphatic rings. The summed E-state index contributed by atoms with van der Waals surface area (Å²) < 4.78 is 37.2. The topological polar surface area (TPSA) is 210 Å². The van der Waals surface area contributed by atoms with E-state index < -0.39 is 24.2 Å². The molecule has 20 heteroatoms. The first-order valence-electron chi connectivity index (χ1n) is 22.8. The van der Waals surface area contributed by atoms with Crippen molar-refractivity contribution in [2.24, 2.45) is 30.0 Å². The number of aliphatic carboxylic acids is 2. The second-order valence-electron chi connectivity index (χ2n) is 21.3. The molecule has 0 bridgehead atoms. The summed E-state index contributed by atoms with van der Waals surface area (Å²) >= 11 is 0. The first-order valence-corrected chi connectivity index (χ1v) is 22.8. The molecule has 0 saturated carbocycles. The van der Waals surface area contributed by atoms with Gasteiger partial charge in [-0.15, -0.1) is 0 Å². The van der Waals surface area contributed by atoms with Crippen LogP contribution in [0.4, 0.5) is 0 Å².